The summed E-state index contributed by atoms with van der Waals surface area (Å²) in [5, 5.41) is 2.76. The number of nitrogens with one attached hydrogen (secondary N) is 1. The lowest BCUT2D eigenvalue weighted by atomic mass is 10.4. The van der Waals surface area contributed by atoms with Gasteiger partial charge >= 0.3 is 5.97 Å². The zero-order valence-electron chi connectivity index (χ0n) is 7.39. The molecule has 0 aliphatic heterocycles. The van der Waals surface area contributed by atoms with E-state index >= 15 is 0 Å². The third-order valence-corrected chi connectivity index (χ3v) is 1.28. The van der Waals surface area contributed by atoms with Gasteiger partial charge in [0.2, 0.25) is 0 Å². The number of nitrogens with two attached hydrogens (primary N) is 1. The first-order valence-corrected chi connectivity index (χ1v) is 3.60. The number of methoxy groups -OCH3 is 1. The summed E-state index contributed by atoms with van der Waals surface area (Å²) in [5.74, 6) is -0.550. The monoisotopic (exact) mass is 170 g/mol. The van der Waals surface area contributed by atoms with E-state index in [0.717, 1.165) is 12.1 Å². The molecule has 0 heterocycles. The first-order valence-electron chi connectivity index (χ1n) is 3.60. The van der Waals surface area contributed by atoms with Gasteiger partial charge in [0.1, 0.15) is 5.70 Å². The molecule has 0 bridgehead atoms. The third-order valence-electron chi connectivity index (χ3n) is 1.28. The molecule has 0 rings (SSSR count). The van der Waals surface area contributed by atoms with Gasteiger partial charge in [-0.05, 0) is 6.42 Å². The Hall–Kier alpha value is -1.45. The minimum Gasteiger partial charge on any atom is -0.464 e. The molecule has 0 aromatic rings. The Morgan fingerprint density at radius 2 is 2.33 bits per heavy atom. The lowest BCUT2D eigenvalue weighted by molar-refractivity contribution is -0.136. The Morgan fingerprint density at radius 1 is 1.75 bits per heavy atom. The Balaban J connectivity index is 4.00. The van der Waals surface area contributed by atoms with Crippen molar-refractivity contribution in [3.05, 3.63) is 24.2 Å². The maximum atomic E-state index is 10.7. The van der Waals surface area contributed by atoms with Crippen LogP contribution in [0.25, 0.3) is 0 Å². The summed E-state index contributed by atoms with van der Waals surface area (Å²) in [5.41, 5.74) is 6.14. The van der Waals surface area contributed by atoms with Crippen LogP contribution in [0.15, 0.2) is 24.2 Å². The van der Waals surface area contributed by atoms with Crippen LogP contribution in [-0.2, 0) is 9.53 Å². The van der Waals surface area contributed by atoms with Crippen LogP contribution in [-0.4, -0.2) is 13.1 Å². The van der Waals surface area contributed by atoms with Gasteiger partial charge in [-0.15, -0.1) is 0 Å². The molecular formula is C8H14N2O2. The van der Waals surface area contributed by atoms with Gasteiger partial charge in [-0.1, -0.05) is 13.5 Å². The summed E-state index contributed by atoms with van der Waals surface area (Å²) in [7, 11) is 1.28. The number of allylic oxidation sites excluding steroid dienone is 1. The molecular weight excluding hydrogens is 156 g/mol. The molecule has 4 heteroatoms. The van der Waals surface area contributed by atoms with Crippen molar-refractivity contribution in [3.8, 4) is 0 Å². The van der Waals surface area contributed by atoms with E-state index in [1.165, 1.54) is 13.3 Å². The fourth-order valence-electron chi connectivity index (χ4n) is 0.459. The second kappa shape index (κ2) is 5.23. The topological polar surface area (TPSA) is 64.3 Å². The highest BCUT2D eigenvalue weighted by Crippen LogP contribution is 1.92. The van der Waals surface area contributed by atoms with Crippen molar-refractivity contribution >= 4 is 5.97 Å². The molecule has 4 nitrogen and oxygen atoms in total. The Labute approximate surface area is 72.1 Å². The van der Waals surface area contributed by atoms with Gasteiger partial charge < -0.3 is 15.8 Å². The molecule has 0 fully saturated rings. The average Bonchev–Trinajstić information content (AvgIpc) is 2.11. The van der Waals surface area contributed by atoms with Crippen molar-refractivity contribution in [2.75, 3.05) is 7.11 Å². The van der Waals surface area contributed by atoms with E-state index in [9.17, 15) is 4.79 Å². The van der Waals surface area contributed by atoms with E-state index in [0.29, 0.717) is 0 Å². The number of ether oxygens (including phenoxy) is 1. The fourth-order valence-corrected chi connectivity index (χ4v) is 0.459. The van der Waals surface area contributed by atoms with E-state index in [-0.39, 0.29) is 5.70 Å². The van der Waals surface area contributed by atoms with E-state index in [2.05, 4.69) is 16.6 Å². The summed E-state index contributed by atoms with van der Waals surface area (Å²) >= 11 is 0. The highest BCUT2D eigenvalue weighted by molar-refractivity contribution is 5.87. The third kappa shape index (κ3) is 3.65. The fraction of sp³-hybridized carbons (Fsp3) is 0.375. The van der Waals surface area contributed by atoms with Gasteiger partial charge in [-0.3, -0.25) is 0 Å². The molecule has 3 N–H and O–H groups in total. The van der Waals surface area contributed by atoms with Crippen molar-refractivity contribution < 1.29 is 9.53 Å². The summed E-state index contributed by atoms with van der Waals surface area (Å²) in [4.78, 5) is 10.7. The van der Waals surface area contributed by atoms with Crippen LogP contribution < -0.4 is 11.1 Å². The number of esters is 1. The van der Waals surface area contributed by atoms with Crippen molar-refractivity contribution in [1.29, 1.82) is 0 Å². The van der Waals surface area contributed by atoms with Gasteiger partial charge in [0.15, 0.2) is 0 Å². The minimum atomic E-state index is -0.550. The van der Waals surface area contributed by atoms with Crippen LogP contribution in [0.5, 0.6) is 0 Å². The van der Waals surface area contributed by atoms with Crippen molar-refractivity contribution in [3.63, 3.8) is 0 Å². The molecule has 12 heavy (non-hydrogen) atoms. The molecule has 0 aliphatic carbocycles. The Bertz CT molecular complexity index is 209. The lowest BCUT2D eigenvalue weighted by Crippen LogP contribution is -2.16. The molecule has 0 radical (unpaired) electrons. The van der Waals surface area contributed by atoms with Gasteiger partial charge in [0.25, 0.3) is 0 Å². The smallest absolute Gasteiger partial charge is 0.355 e. The summed E-state index contributed by atoms with van der Waals surface area (Å²) in [6, 6.07) is 0. The molecule has 0 unspecified atom stereocenters. The molecule has 0 saturated carbocycles. The number of carbonyl (C=O) groups excluding carboxylic acids is 1. The second-order valence-corrected chi connectivity index (χ2v) is 2.19. The quantitative estimate of drug-likeness (QED) is 0.475. The van der Waals surface area contributed by atoms with E-state index in [1.54, 1.807) is 0 Å². The van der Waals surface area contributed by atoms with Gasteiger partial charge in [-0.2, -0.15) is 0 Å². The van der Waals surface area contributed by atoms with Crippen LogP contribution in [0.1, 0.15) is 13.3 Å². The molecule has 0 saturated heterocycles. The number of rotatable bonds is 4. The zero-order valence-corrected chi connectivity index (χ0v) is 7.39. The molecule has 0 amide bonds. The molecule has 68 valence electrons. The van der Waals surface area contributed by atoms with Gasteiger partial charge in [-0.25, -0.2) is 4.79 Å². The summed E-state index contributed by atoms with van der Waals surface area (Å²) in [6.07, 6.45) is 2.16. The first kappa shape index (κ1) is 10.6. The second-order valence-electron chi connectivity index (χ2n) is 2.19. The summed E-state index contributed by atoms with van der Waals surface area (Å²) in [6.45, 7) is 5.61. The number of hydrogen-bond donors (Lipinski definition) is 2. The lowest BCUT2D eigenvalue weighted by Gasteiger charge is -2.02. The maximum Gasteiger partial charge on any atom is 0.355 e. The van der Waals surface area contributed by atoms with E-state index in [4.69, 9.17) is 5.73 Å². The van der Waals surface area contributed by atoms with Crippen LogP contribution in [0.2, 0.25) is 0 Å². The molecule has 0 aromatic carbocycles. The van der Waals surface area contributed by atoms with E-state index < -0.39 is 5.97 Å². The number of carbonyl (C=O) groups is 1. The zero-order chi connectivity index (χ0) is 9.56. The highest BCUT2D eigenvalue weighted by atomic mass is 16.5. The predicted octanol–water partition coefficient (Wildman–Crippen LogP) is 0.473. The Morgan fingerprint density at radius 3 is 2.75 bits per heavy atom. The van der Waals surface area contributed by atoms with Crippen LogP contribution in [0, 0.1) is 0 Å². The molecule has 0 aliphatic rings. The van der Waals surface area contributed by atoms with Crippen LogP contribution >= 0.6 is 0 Å². The van der Waals surface area contributed by atoms with Gasteiger partial charge in [0, 0.05) is 11.9 Å². The predicted molar refractivity (Wildman–Crippen MR) is 46.9 cm³/mol. The SMILES string of the molecule is C=C(CC)N/C=C(\N)C(=O)OC. The van der Waals surface area contributed by atoms with Gasteiger partial charge in [0.05, 0.1) is 7.11 Å². The standard InChI is InChI=1S/C8H14N2O2/c1-4-6(2)10-5-7(9)8(11)12-3/h5,10H,2,4,9H2,1,3H3/b7-5-. The van der Waals surface area contributed by atoms with Crippen LogP contribution in [0.3, 0.4) is 0 Å². The van der Waals surface area contributed by atoms with E-state index in [1.807, 2.05) is 6.92 Å². The van der Waals surface area contributed by atoms with Crippen LogP contribution in [0.4, 0.5) is 0 Å². The van der Waals surface area contributed by atoms with Crippen molar-refractivity contribution in [2.45, 2.75) is 13.3 Å². The molecule has 0 spiro atoms. The van der Waals surface area contributed by atoms with Crippen molar-refractivity contribution in [2.24, 2.45) is 5.73 Å². The maximum absolute atomic E-state index is 10.7. The number of hydrogen-bond acceptors (Lipinski definition) is 4. The molecule has 0 atom stereocenters. The average molecular weight is 170 g/mol. The normalized spacial score (nSPS) is 10.7. The largest absolute Gasteiger partial charge is 0.464 e. The summed E-state index contributed by atoms with van der Waals surface area (Å²) < 4.78 is 4.38. The molecule has 0 aromatic heterocycles. The Kier molecular flexibility index (Phi) is 4.60. The first-order chi connectivity index (χ1) is 5.61. The minimum absolute atomic E-state index is 0.0344. The van der Waals surface area contributed by atoms with Crippen molar-refractivity contribution in [1.82, 2.24) is 5.32 Å². The highest BCUT2D eigenvalue weighted by Gasteiger charge is 2.02.